The molecule has 3 aromatic heterocycles. The number of nitrogens with one attached hydrogen (secondary N) is 2. The largest absolute Gasteiger partial charge is 0.345 e. The van der Waals surface area contributed by atoms with E-state index in [4.69, 9.17) is 5.26 Å². The first-order valence-electron chi connectivity index (χ1n) is 9.08. The molecular formula is C21H13F2N5O3S. The number of carbonyl (C=O) groups excluding carboxylic acids is 1. The summed E-state index contributed by atoms with van der Waals surface area (Å²) in [6.07, 6.45) is 5.32. The van der Waals surface area contributed by atoms with Gasteiger partial charge in [-0.1, -0.05) is 6.07 Å². The molecule has 0 aliphatic carbocycles. The van der Waals surface area contributed by atoms with Crippen molar-refractivity contribution >= 4 is 32.5 Å². The Morgan fingerprint density at radius 3 is 2.75 bits per heavy atom. The molecule has 0 spiro atoms. The van der Waals surface area contributed by atoms with Crippen LogP contribution in [0.2, 0.25) is 0 Å². The van der Waals surface area contributed by atoms with Crippen LogP contribution in [0, 0.1) is 23.0 Å². The number of hydrogen-bond acceptors (Lipinski definition) is 6. The average Bonchev–Trinajstić information content (AvgIpc) is 3.19. The molecule has 3 heterocycles. The quantitative estimate of drug-likeness (QED) is 0.431. The summed E-state index contributed by atoms with van der Waals surface area (Å²) in [5.74, 6) is -4.05. The Kier molecular flexibility index (Phi) is 5.38. The summed E-state index contributed by atoms with van der Waals surface area (Å²) in [5, 5.41) is 9.25. The minimum Gasteiger partial charge on any atom is -0.345 e. The van der Waals surface area contributed by atoms with Crippen molar-refractivity contribution in [1.29, 1.82) is 5.26 Å². The van der Waals surface area contributed by atoms with Crippen LogP contribution in [-0.2, 0) is 15.8 Å². The molecule has 11 heteroatoms. The van der Waals surface area contributed by atoms with E-state index in [0.717, 1.165) is 12.1 Å². The number of ketones is 1. The molecule has 0 radical (unpaired) electrons. The topological polar surface area (TPSA) is 129 Å². The Balaban J connectivity index is 1.71. The monoisotopic (exact) mass is 453 g/mol. The van der Waals surface area contributed by atoms with Crippen molar-refractivity contribution in [3.63, 3.8) is 0 Å². The summed E-state index contributed by atoms with van der Waals surface area (Å²) in [6.45, 7) is 0. The first-order chi connectivity index (χ1) is 15.3. The van der Waals surface area contributed by atoms with Crippen molar-refractivity contribution < 1.29 is 22.0 Å². The maximum absolute atomic E-state index is 15.1. The van der Waals surface area contributed by atoms with Gasteiger partial charge in [0, 0.05) is 35.7 Å². The van der Waals surface area contributed by atoms with Crippen molar-refractivity contribution in [3.05, 3.63) is 89.0 Å². The van der Waals surface area contributed by atoms with Gasteiger partial charge in [0.05, 0.1) is 22.6 Å². The van der Waals surface area contributed by atoms with Crippen LogP contribution in [0.15, 0.2) is 55.1 Å². The van der Waals surface area contributed by atoms with Gasteiger partial charge in [-0.05, 0) is 29.8 Å². The molecule has 0 bridgehead atoms. The second-order valence-corrected chi connectivity index (χ2v) is 8.49. The van der Waals surface area contributed by atoms with E-state index >= 15 is 4.39 Å². The van der Waals surface area contributed by atoms with Crippen LogP contribution >= 0.6 is 0 Å². The predicted octanol–water partition coefficient (Wildman–Crippen LogP) is 3.28. The van der Waals surface area contributed by atoms with Crippen LogP contribution < -0.4 is 4.72 Å². The van der Waals surface area contributed by atoms with E-state index in [2.05, 4.69) is 15.0 Å². The average molecular weight is 453 g/mol. The third-order valence-electron chi connectivity index (χ3n) is 4.57. The van der Waals surface area contributed by atoms with Crippen LogP contribution in [0.1, 0.15) is 27.0 Å². The van der Waals surface area contributed by atoms with Gasteiger partial charge in [-0.3, -0.25) is 14.5 Å². The van der Waals surface area contributed by atoms with Gasteiger partial charge >= 0.3 is 0 Å². The van der Waals surface area contributed by atoms with Gasteiger partial charge in [-0.2, -0.15) is 5.26 Å². The second-order valence-electron chi connectivity index (χ2n) is 6.77. The number of anilines is 1. The maximum atomic E-state index is 15.1. The Morgan fingerprint density at radius 1 is 1.22 bits per heavy atom. The van der Waals surface area contributed by atoms with Gasteiger partial charge in [0.15, 0.2) is 5.82 Å². The fraction of sp³-hybridized carbons (Fsp3) is 0.0476. The molecule has 160 valence electrons. The van der Waals surface area contributed by atoms with Gasteiger partial charge in [-0.15, -0.1) is 0 Å². The summed E-state index contributed by atoms with van der Waals surface area (Å²) >= 11 is 0. The van der Waals surface area contributed by atoms with Crippen LogP contribution in [-0.4, -0.2) is 29.2 Å². The fourth-order valence-electron chi connectivity index (χ4n) is 3.13. The Labute approximate surface area is 180 Å². The van der Waals surface area contributed by atoms with Crippen molar-refractivity contribution in [2.75, 3.05) is 4.72 Å². The number of carbonyl (C=O) groups is 1. The number of nitriles is 1. The first kappa shape index (κ1) is 21.1. The highest BCUT2D eigenvalue weighted by atomic mass is 32.2. The molecule has 4 rings (SSSR count). The summed E-state index contributed by atoms with van der Waals surface area (Å²) in [5.41, 5.74) is -0.856. The summed E-state index contributed by atoms with van der Waals surface area (Å²) in [4.78, 5) is 23.5. The number of hydrogen-bond donors (Lipinski definition) is 2. The zero-order valence-electron chi connectivity index (χ0n) is 16.1. The molecule has 2 N–H and O–H groups in total. The molecule has 0 fully saturated rings. The predicted molar refractivity (Wildman–Crippen MR) is 111 cm³/mol. The zero-order valence-corrected chi connectivity index (χ0v) is 17.0. The Hall–Kier alpha value is -4.17. The van der Waals surface area contributed by atoms with Crippen LogP contribution in [0.5, 0.6) is 0 Å². The molecule has 0 aliphatic heterocycles. The standard InChI is InChI=1S/C21H13F2N5O3S/c22-16-3-4-17(28-32(30,31)11-12-2-1-5-25-8-12)19(23)18(16)20(29)15-10-27-21-14(15)6-13(7-24)9-26-21/h1-6,8-10,28H,11H2,(H,26,27). The number of aromatic amines is 1. The van der Waals surface area contributed by atoms with E-state index < -0.39 is 44.4 Å². The summed E-state index contributed by atoms with van der Waals surface area (Å²) in [6, 6.07) is 8.01. The van der Waals surface area contributed by atoms with E-state index in [9.17, 15) is 17.6 Å². The highest BCUT2D eigenvalue weighted by molar-refractivity contribution is 7.91. The van der Waals surface area contributed by atoms with Crippen LogP contribution in [0.25, 0.3) is 11.0 Å². The number of rotatable bonds is 6. The minimum atomic E-state index is -4.08. The number of halogens is 2. The lowest BCUT2D eigenvalue weighted by atomic mass is 10.0. The van der Waals surface area contributed by atoms with Gasteiger partial charge in [0.25, 0.3) is 0 Å². The van der Waals surface area contributed by atoms with Crippen LogP contribution in [0.3, 0.4) is 0 Å². The molecule has 8 nitrogen and oxygen atoms in total. The summed E-state index contributed by atoms with van der Waals surface area (Å²) < 4.78 is 56.5. The van der Waals surface area contributed by atoms with Gasteiger partial charge < -0.3 is 4.98 Å². The van der Waals surface area contributed by atoms with E-state index in [1.54, 1.807) is 6.07 Å². The fourth-order valence-corrected chi connectivity index (χ4v) is 4.31. The van der Waals surface area contributed by atoms with E-state index in [1.807, 2.05) is 10.8 Å². The normalized spacial score (nSPS) is 11.3. The molecule has 0 atom stereocenters. The number of fused-ring (bicyclic) bond motifs is 1. The molecule has 4 aromatic rings. The lowest BCUT2D eigenvalue weighted by Crippen LogP contribution is -2.18. The minimum absolute atomic E-state index is 0.113. The molecule has 0 amide bonds. The van der Waals surface area contributed by atoms with E-state index in [0.29, 0.717) is 5.56 Å². The SMILES string of the molecule is N#Cc1cnc2[nH]cc(C(=O)c3c(F)ccc(NS(=O)(=O)Cc4cccnc4)c3F)c2c1. The molecule has 0 saturated heterocycles. The molecule has 0 saturated carbocycles. The summed E-state index contributed by atoms with van der Waals surface area (Å²) in [7, 11) is -4.08. The molecular weight excluding hydrogens is 440 g/mol. The zero-order chi connectivity index (χ0) is 22.9. The lowest BCUT2D eigenvalue weighted by molar-refractivity contribution is 0.103. The molecule has 0 aliphatic rings. The lowest BCUT2D eigenvalue weighted by Gasteiger charge is -2.12. The highest BCUT2D eigenvalue weighted by Crippen LogP contribution is 2.28. The van der Waals surface area contributed by atoms with Crippen molar-refractivity contribution in [2.45, 2.75) is 5.75 Å². The van der Waals surface area contributed by atoms with Crippen molar-refractivity contribution in [3.8, 4) is 6.07 Å². The van der Waals surface area contributed by atoms with Crippen molar-refractivity contribution in [1.82, 2.24) is 15.0 Å². The van der Waals surface area contributed by atoms with Gasteiger partial charge in [0.2, 0.25) is 15.8 Å². The smallest absolute Gasteiger partial charge is 0.237 e. The maximum Gasteiger partial charge on any atom is 0.237 e. The highest BCUT2D eigenvalue weighted by Gasteiger charge is 2.26. The van der Waals surface area contributed by atoms with Gasteiger partial charge in [0.1, 0.15) is 17.5 Å². The number of benzene rings is 1. The van der Waals surface area contributed by atoms with E-state index in [1.165, 1.54) is 36.9 Å². The third-order valence-corrected chi connectivity index (χ3v) is 5.81. The Morgan fingerprint density at radius 2 is 2.03 bits per heavy atom. The second kappa shape index (κ2) is 8.16. The number of H-pyrrole nitrogens is 1. The number of aromatic nitrogens is 3. The molecule has 32 heavy (non-hydrogen) atoms. The third kappa shape index (κ3) is 4.03. The molecule has 1 aromatic carbocycles. The first-order valence-corrected chi connectivity index (χ1v) is 10.7. The number of pyridine rings is 2. The number of sulfonamides is 1. The Bertz CT molecular complexity index is 1500. The van der Waals surface area contributed by atoms with Crippen LogP contribution in [0.4, 0.5) is 14.5 Å². The molecule has 0 unspecified atom stereocenters. The number of nitrogens with zero attached hydrogens (tertiary/aromatic N) is 3. The van der Waals surface area contributed by atoms with E-state index in [-0.39, 0.29) is 22.2 Å². The van der Waals surface area contributed by atoms with Gasteiger partial charge in [-0.25, -0.2) is 22.2 Å². The van der Waals surface area contributed by atoms with Crippen molar-refractivity contribution in [2.24, 2.45) is 0 Å².